The molecule has 0 atom stereocenters. The van der Waals surface area contributed by atoms with E-state index in [0.717, 1.165) is 51.9 Å². The predicted molar refractivity (Wildman–Crippen MR) is 437 cm³/mol. The van der Waals surface area contributed by atoms with Gasteiger partial charge in [0.25, 0.3) is 0 Å². The van der Waals surface area contributed by atoms with E-state index in [0.29, 0.717) is 76.4 Å². The molecule has 0 heterocycles. The van der Waals surface area contributed by atoms with Crippen molar-refractivity contribution in [3.63, 3.8) is 0 Å². The molecule has 12 nitrogen and oxygen atoms in total. The van der Waals surface area contributed by atoms with Crippen LogP contribution in [0.15, 0.2) is 243 Å². The number of carboxylic acids is 2. The molecule has 0 saturated carbocycles. The molecule has 0 aliphatic carbocycles. The number of aromatic hydroxyl groups is 1. The predicted octanol–water partition coefficient (Wildman–Crippen LogP) is 24.6. The second-order valence-electron chi connectivity index (χ2n) is 27.8. The summed E-state index contributed by atoms with van der Waals surface area (Å²) >= 11 is 0. The normalized spacial score (nSPS) is 10.3. The third-order valence-corrected chi connectivity index (χ3v) is 16.9. The highest BCUT2D eigenvalue weighted by Gasteiger charge is 2.14. The van der Waals surface area contributed by atoms with Crippen LogP contribution in [0.25, 0.3) is 0 Å². The number of methoxy groups -OCH3 is 5. The Morgan fingerprint density at radius 2 is 0.679 bits per heavy atom. The molecule has 0 aliphatic heterocycles. The molecule has 10 aromatic rings. The van der Waals surface area contributed by atoms with Gasteiger partial charge in [-0.25, -0.2) is 14.4 Å². The van der Waals surface area contributed by atoms with Crippen molar-refractivity contribution in [3.8, 4) is 34.5 Å². The van der Waals surface area contributed by atoms with Gasteiger partial charge >= 0.3 is 17.9 Å². The van der Waals surface area contributed by atoms with Crippen molar-refractivity contribution in [2.24, 2.45) is 0 Å². The summed E-state index contributed by atoms with van der Waals surface area (Å²) in [6.45, 7) is 34.7. The van der Waals surface area contributed by atoms with E-state index in [1.54, 1.807) is 77.0 Å². The largest absolute Gasteiger partial charge is 0.508 e. The quantitative estimate of drug-likeness (QED) is 0.0619. The highest BCUT2D eigenvalue weighted by Crippen LogP contribution is 2.35. The highest BCUT2D eigenvalue weighted by molar-refractivity contribution is 5.89. The molecule has 0 bridgehead atoms. The minimum Gasteiger partial charge on any atom is -0.508 e. The molecular weight excluding hydrogens is 1320 g/mol. The van der Waals surface area contributed by atoms with E-state index in [9.17, 15) is 14.4 Å². The molecule has 10 aromatic carbocycles. The van der Waals surface area contributed by atoms with Crippen LogP contribution in [-0.4, -0.2) is 68.8 Å². The lowest BCUT2D eigenvalue weighted by Crippen LogP contribution is -2.01. The van der Waals surface area contributed by atoms with Crippen LogP contribution in [0.1, 0.15) is 250 Å². The summed E-state index contributed by atoms with van der Waals surface area (Å²) in [6, 6.07) is 78.8. The average Bonchev–Trinajstić information content (AvgIpc) is 0.782. The summed E-state index contributed by atoms with van der Waals surface area (Å²) in [6.07, 6.45) is 1.03. The van der Waals surface area contributed by atoms with Gasteiger partial charge in [0, 0.05) is 11.6 Å². The number of carbonyl (C=O) groups is 3. The number of phenolic OH excluding ortho intramolecular Hbond substituents is 1. The fourth-order valence-corrected chi connectivity index (χ4v) is 10.3. The third kappa shape index (κ3) is 33.5. The van der Waals surface area contributed by atoms with Gasteiger partial charge in [-0.15, -0.1) is 0 Å². The topological polar surface area (TPSA) is 167 Å². The number of benzene rings is 10. The minimum absolute atomic E-state index is 0.275. The summed E-state index contributed by atoms with van der Waals surface area (Å²) in [4.78, 5) is 32.2. The van der Waals surface area contributed by atoms with Gasteiger partial charge < -0.3 is 43.7 Å². The van der Waals surface area contributed by atoms with Crippen molar-refractivity contribution in [1.29, 1.82) is 0 Å². The molecule has 3 N–H and O–H groups in total. The van der Waals surface area contributed by atoms with Gasteiger partial charge in [0.05, 0.1) is 52.2 Å². The van der Waals surface area contributed by atoms with Gasteiger partial charge in [-0.05, 0) is 194 Å². The Labute approximate surface area is 634 Å². The van der Waals surface area contributed by atoms with Crippen molar-refractivity contribution in [1.82, 2.24) is 0 Å². The fraction of sp³-hybridized carbons (Fsp3) is 0.330. The first-order valence-corrected chi connectivity index (χ1v) is 36.4. The monoisotopic (exact) mass is 1440 g/mol. The van der Waals surface area contributed by atoms with Crippen LogP contribution in [-0.2, 0) is 17.8 Å². The standard InChI is InChI=1S/C16H18O.C16H18.2C11H16O2.C11H14O2.2C10H12O2.C9H12O/c1-13(2)15-9-6-10-16(11-15)17-12-14-7-4-3-5-8-14;1-13(2)16-10-6-9-15(12-16)11-14-7-4-3-5-8-14;1-8(2)9-5-10(12-3)7-11(6-9)13-4;1-8(2)11-9(12-3)6-5-7-10(11)13-4;1-8(2)9-5-4-6-10(7-9)11(12)13-3;1-7(2)8-3-5-9(6-4-8)10(11)12;1-7(2)8-4-3-5-9(6-8)10(11)12;1-7(2)8-4-3-5-9(10)6-8/h3-11,13H,12H2,1-2H3;3-10,12-13H,11H2,1-2H3;2*5-8H,1-4H3;4-8H,1-3H3;2*3-7H,1-2H3,(H,11,12);3-7,10H,1-2H3. The van der Waals surface area contributed by atoms with E-state index in [2.05, 4.69) is 187 Å². The number of esters is 1. The maximum atomic E-state index is 11.2. The lowest BCUT2D eigenvalue weighted by molar-refractivity contribution is 0.0598. The molecule has 0 radical (unpaired) electrons. The molecule has 0 fully saturated rings. The lowest BCUT2D eigenvalue weighted by atomic mass is 9.98. The summed E-state index contributed by atoms with van der Waals surface area (Å²) in [5.41, 5.74) is 15.0. The first kappa shape index (κ1) is 89.6. The Hall–Kier alpha value is -10.6. The Balaban J connectivity index is 0.000000316. The molecule has 0 unspecified atom stereocenters. The van der Waals surface area contributed by atoms with Crippen LogP contribution in [0.3, 0.4) is 0 Å². The molecule has 0 aliphatic rings. The summed E-state index contributed by atoms with van der Waals surface area (Å²) in [5, 5.41) is 26.4. The van der Waals surface area contributed by atoms with Gasteiger partial charge in [0.15, 0.2) is 0 Å². The van der Waals surface area contributed by atoms with E-state index < -0.39 is 11.9 Å². The van der Waals surface area contributed by atoms with Gasteiger partial charge in [0.2, 0.25) is 0 Å². The molecule has 0 spiro atoms. The van der Waals surface area contributed by atoms with Gasteiger partial charge in [-0.3, -0.25) is 0 Å². The summed E-state index contributed by atoms with van der Waals surface area (Å²) in [5.74, 6) is 6.58. The SMILES string of the molecule is CC(C)c1ccc(C(=O)O)cc1.CC(C)c1cccc(C(=O)O)c1.CC(C)c1cccc(Cc2ccccc2)c1.CC(C)c1cccc(O)c1.CC(C)c1cccc(OCc2ccccc2)c1.COC(=O)c1cccc(C(C)C)c1.COc1cc(OC)cc(C(C)C)c1.COc1cccc(OC)c1C(C)C. The van der Waals surface area contributed by atoms with E-state index in [4.69, 9.17) is 39.0 Å². The zero-order valence-electron chi connectivity index (χ0n) is 66.6. The fourth-order valence-electron chi connectivity index (χ4n) is 10.3. The summed E-state index contributed by atoms with van der Waals surface area (Å²) in [7, 11) is 8.09. The highest BCUT2D eigenvalue weighted by atomic mass is 16.5. The van der Waals surface area contributed by atoms with E-state index in [1.165, 1.54) is 51.6 Å². The van der Waals surface area contributed by atoms with E-state index in [-0.39, 0.29) is 5.97 Å². The van der Waals surface area contributed by atoms with Gasteiger partial charge in [0.1, 0.15) is 41.1 Å². The number of carboxylic acid groups (broad SMARTS) is 2. The molecule has 0 saturated heterocycles. The summed E-state index contributed by atoms with van der Waals surface area (Å²) < 4.78 is 31.3. The van der Waals surface area contributed by atoms with Crippen molar-refractivity contribution in [2.45, 2.75) is 171 Å². The average molecular weight is 1440 g/mol. The van der Waals surface area contributed by atoms with Crippen molar-refractivity contribution >= 4 is 17.9 Å². The second kappa shape index (κ2) is 48.4. The molecule has 566 valence electrons. The van der Waals surface area contributed by atoms with E-state index in [1.807, 2.05) is 123 Å². The van der Waals surface area contributed by atoms with Gasteiger partial charge in [-0.1, -0.05) is 262 Å². The maximum Gasteiger partial charge on any atom is 0.337 e. The Bertz CT molecular complexity index is 4090. The van der Waals surface area contributed by atoms with Crippen molar-refractivity contribution in [3.05, 3.63) is 321 Å². The Morgan fingerprint density at radius 3 is 1.09 bits per heavy atom. The third-order valence-electron chi connectivity index (χ3n) is 16.9. The van der Waals surface area contributed by atoms with Crippen LogP contribution in [0, 0.1) is 0 Å². The number of carbonyl (C=O) groups excluding carboxylic acids is 1. The first-order chi connectivity index (χ1) is 50.4. The smallest absolute Gasteiger partial charge is 0.337 e. The van der Waals surface area contributed by atoms with Crippen LogP contribution < -0.4 is 23.7 Å². The van der Waals surface area contributed by atoms with Crippen LogP contribution in [0.4, 0.5) is 0 Å². The van der Waals surface area contributed by atoms with Crippen LogP contribution in [0.5, 0.6) is 34.5 Å². The number of phenols is 1. The lowest BCUT2D eigenvalue weighted by Gasteiger charge is -2.15. The van der Waals surface area contributed by atoms with Crippen molar-refractivity contribution in [2.75, 3.05) is 35.5 Å². The molecule has 0 aromatic heterocycles. The molecule has 10 rings (SSSR count). The van der Waals surface area contributed by atoms with Crippen LogP contribution >= 0.6 is 0 Å². The second-order valence-corrected chi connectivity index (χ2v) is 27.8. The number of ether oxygens (including phenoxy) is 6. The molecule has 12 heteroatoms. The van der Waals surface area contributed by atoms with Gasteiger partial charge in [-0.2, -0.15) is 0 Å². The molecule has 0 amide bonds. The zero-order chi connectivity index (χ0) is 78.8. The first-order valence-electron chi connectivity index (χ1n) is 36.4. The number of rotatable bonds is 20. The van der Waals surface area contributed by atoms with Crippen molar-refractivity contribution < 1.29 is 58.1 Å². The molecule has 106 heavy (non-hydrogen) atoms. The Kier molecular flexibility index (Phi) is 41.0. The molecular formula is C94H118O12. The number of hydrogen-bond donors (Lipinski definition) is 3. The Morgan fingerprint density at radius 1 is 0.302 bits per heavy atom. The maximum absolute atomic E-state index is 11.2. The number of aromatic carboxylic acids is 2. The number of hydrogen-bond acceptors (Lipinski definition) is 10. The van der Waals surface area contributed by atoms with E-state index >= 15 is 0 Å². The van der Waals surface area contributed by atoms with Crippen LogP contribution in [0.2, 0.25) is 0 Å². The zero-order valence-corrected chi connectivity index (χ0v) is 66.6. The minimum atomic E-state index is -0.870.